The fraction of sp³-hybridized carbons (Fsp3) is 0.875. The number of ether oxygens (including phenoxy) is 1. The van der Waals surface area contributed by atoms with Gasteiger partial charge >= 0.3 is 0 Å². The Kier molecular flexibility index (Phi) is 3.51. The summed E-state index contributed by atoms with van der Waals surface area (Å²) in [6, 6.07) is -0.379. The molecule has 2 amide bonds. The van der Waals surface area contributed by atoms with Crippen LogP contribution in [0.3, 0.4) is 0 Å². The average molecular weight is 294 g/mol. The highest BCUT2D eigenvalue weighted by molar-refractivity contribution is 6.00. The van der Waals surface area contributed by atoms with Crippen LogP contribution in [0.2, 0.25) is 0 Å². The van der Waals surface area contributed by atoms with Crippen molar-refractivity contribution in [3.05, 3.63) is 0 Å². The van der Waals surface area contributed by atoms with E-state index in [1.807, 2.05) is 18.7 Å². The Morgan fingerprint density at radius 2 is 1.90 bits per heavy atom. The molecule has 2 saturated heterocycles. The van der Waals surface area contributed by atoms with Crippen molar-refractivity contribution in [2.24, 2.45) is 5.92 Å². The minimum absolute atomic E-state index is 0.0135. The van der Waals surface area contributed by atoms with Gasteiger partial charge in [0.05, 0.1) is 12.1 Å². The number of hydrogen-bond donors (Lipinski definition) is 1. The molecular weight excluding hydrogens is 268 g/mol. The lowest BCUT2D eigenvalue weighted by molar-refractivity contribution is -0.164. The Balaban J connectivity index is 2.01. The molecule has 3 aliphatic rings. The molecule has 2 unspecified atom stereocenters. The third-order valence-corrected chi connectivity index (χ3v) is 5.41. The fourth-order valence-corrected chi connectivity index (χ4v) is 4.18. The predicted octanol–water partition coefficient (Wildman–Crippen LogP) is 1.46. The molecule has 118 valence electrons. The maximum Gasteiger partial charge on any atom is 0.249 e. The van der Waals surface area contributed by atoms with E-state index >= 15 is 0 Å². The predicted molar refractivity (Wildman–Crippen MR) is 78.7 cm³/mol. The van der Waals surface area contributed by atoms with E-state index in [0.717, 1.165) is 32.1 Å². The number of hydrogen-bond acceptors (Lipinski definition) is 3. The maximum absolute atomic E-state index is 13.3. The molecule has 0 aromatic heterocycles. The van der Waals surface area contributed by atoms with Crippen LogP contribution in [0.1, 0.15) is 52.9 Å². The van der Waals surface area contributed by atoms with Crippen molar-refractivity contribution in [3.8, 4) is 0 Å². The van der Waals surface area contributed by atoms with Crippen molar-refractivity contribution in [1.82, 2.24) is 10.2 Å². The summed E-state index contributed by atoms with van der Waals surface area (Å²) in [5, 5.41) is 3.07. The first-order valence-electron chi connectivity index (χ1n) is 8.13. The topological polar surface area (TPSA) is 58.6 Å². The lowest BCUT2D eigenvalue weighted by atomic mass is 9.83. The molecule has 5 nitrogen and oxygen atoms in total. The van der Waals surface area contributed by atoms with E-state index in [9.17, 15) is 9.59 Å². The first-order chi connectivity index (χ1) is 9.90. The zero-order valence-electron chi connectivity index (χ0n) is 13.3. The lowest BCUT2D eigenvalue weighted by Gasteiger charge is -2.52. The van der Waals surface area contributed by atoms with Gasteiger partial charge in [-0.2, -0.15) is 0 Å². The number of amides is 2. The number of nitrogens with zero attached hydrogens (tertiary/aromatic N) is 1. The van der Waals surface area contributed by atoms with Crippen LogP contribution < -0.4 is 5.32 Å². The highest BCUT2D eigenvalue weighted by Gasteiger charge is 2.57. The molecule has 0 aromatic carbocycles. The van der Waals surface area contributed by atoms with Gasteiger partial charge < -0.3 is 15.0 Å². The number of carbonyl (C=O) groups is 2. The second kappa shape index (κ2) is 4.97. The first kappa shape index (κ1) is 14.8. The molecule has 5 heteroatoms. The molecule has 0 aromatic rings. The number of carbonyl (C=O) groups excluding carboxylic acids is 2. The first-order valence-corrected chi connectivity index (χ1v) is 8.13. The number of piperazine rings is 1. The Morgan fingerprint density at radius 3 is 2.43 bits per heavy atom. The summed E-state index contributed by atoms with van der Waals surface area (Å²) in [5.74, 6) is 0.232. The van der Waals surface area contributed by atoms with Gasteiger partial charge in [0.15, 0.2) is 0 Å². The van der Waals surface area contributed by atoms with E-state index < -0.39 is 5.54 Å². The summed E-state index contributed by atoms with van der Waals surface area (Å²) in [4.78, 5) is 27.8. The van der Waals surface area contributed by atoms with E-state index in [1.165, 1.54) is 0 Å². The fourth-order valence-electron chi connectivity index (χ4n) is 4.18. The largest absolute Gasteiger partial charge is 0.379 e. The molecule has 1 N–H and O–H groups in total. The lowest BCUT2D eigenvalue weighted by Crippen LogP contribution is -2.74. The molecule has 3 rings (SSSR count). The molecule has 2 heterocycles. The van der Waals surface area contributed by atoms with Crippen LogP contribution in [-0.4, -0.2) is 47.0 Å². The zero-order chi connectivity index (χ0) is 15.3. The van der Waals surface area contributed by atoms with Crippen molar-refractivity contribution in [2.45, 2.75) is 70.0 Å². The zero-order valence-corrected chi connectivity index (χ0v) is 13.3. The monoisotopic (exact) mass is 294 g/mol. The van der Waals surface area contributed by atoms with Gasteiger partial charge in [0.1, 0.15) is 11.6 Å². The van der Waals surface area contributed by atoms with Gasteiger partial charge in [-0.3, -0.25) is 9.59 Å². The van der Waals surface area contributed by atoms with Crippen LogP contribution in [0.25, 0.3) is 0 Å². The average Bonchev–Trinajstić information content (AvgIpc) is 3.04. The Morgan fingerprint density at radius 1 is 1.24 bits per heavy atom. The molecule has 1 saturated carbocycles. The number of rotatable bonds is 2. The van der Waals surface area contributed by atoms with Gasteiger partial charge in [0, 0.05) is 6.61 Å². The second-order valence-electron chi connectivity index (χ2n) is 7.44. The Bertz CT molecular complexity index is 448. The summed E-state index contributed by atoms with van der Waals surface area (Å²) in [6.45, 7) is 7.28. The highest BCUT2D eigenvalue weighted by atomic mass is 16.5. The van der Waals surface area contributed by atoms with Gasteiger partial charge in [-0.15, -0.1) is 0 Å². The van der Waals surface area contributed by atoms with Gasteiger partial charge in [-0.1, -0.05) is 26.7 Å². The van der Waals surface area contributed by atoms with E-state index in [4.69, 9.17) is 4.74 Å². The van der Waals surface area contributed by atoms with Crippen molar-refractivity contribution in [1.29, 1.82) is 0 Å². The van der Waals surface area contributed by atoms with Crippen molar-refractivity contribution in [3.63, 3.8) is 0 Å². The van der Waals surface area contributed by atoms with Gasteiger partial charge in [-0.05, 0) is 32.1 Å². The van der Waals surface area contributed by atoms with Gasteiger partial charge in [0.25, 0.3) is 0 Å². The summed E-state index contributed by atoms with van der Waals surface area (Å²) in [5.41, 5.74) is -0.993. The van der Waals surface area contributed by atoms with Crippen LogP contribution in [0.4, 0.5) is 0 Å². The summed E-state index contributed by atoms with van der Waals surface area (Å²) < 4.78 is 5.55. The Hall–Kier alpha value is -1.10. The van der Waals surface area contributed by atoms with E-state index in [0.29, 0.717) is 13.2 Å². The molecule has 1 spiro atoms. The maximum atomic E-state index is 13.3. The standard InChI is InChI=1S/C16H26N2O3/c1-11(2)12-13(19)17-16(6-4-5-7-16)14(20)18(12)15(3)8-9-21-10-15/h11-12H,4-10H2,1-3H3,(H,17,19). The molecule has 3 fully saturated rings. The van der Waals surface area contributed by atoms with Crippen LogP contribution in [0, 0.1) is 5.92 Å². The molecular formula is C16H26N2O3. The van der Waals surface area contributed by atoms with Crippen molar-refractivity contribution < 1.29 is 14.3 Å². The minimum Gasteiger partial charge on any atom is -0.379 e. The molecule has 2 atom stereocenters. The van der Waals surface area contributed by atoms with Gasteiger partial charge in [-0.25, -0.2) is 0 Å². The minimum atomic E-state index is -0.645. The Labute approximate surface area is 126 Å². The summed E-state index contributed by atoms with van der Waals surface area (Å²) in [7, 11) is 0. The molecule has 2 aliphatic heterocycles. The van der Waals surface area contributed by atoms with E-state index in [1.54, 1.807) is 0 Å². The highest BCUT2D eigenvalue weighted by Crippen LogP contribution is 2.40. The third-order valence-electron chi connectivity index (χ3n) is 5.41. The van der Waals surface area contributed by atoms with E-state index in [2.05, 4.69) is 12.2 Å². The quantitative estimate of drug-likeness (QED) is 0.839. The summed E-state index contributed by atoms with van der Waals surface area (Å²) in [6.07, 6.45) is 4.38. The van der Waals surface area contributed by atoms with Crippen LogP contribution in [0.5, 0.6) is 0 Å². The smallest absolute Gasteiger partial charge is 0.249 e. The normalized spacial score (nSPS) is 35.8. The number of nitrogens with one attached hydrogen (secondary N) is 1. The molecule has 1 aliphatic carbocycles. The van der Waals surface area contributed by atoms with Crippen LogP contribution in [0.15, 0.2) is 0 Å². The second-order valence-corrected chi connectivity index (χ2v) is 7.44. The molecule has 0 radical (unpaired) electrons. The SMILES string of the molecule is CC(C)C1C(=O)NC2(CCCC2)C(=O)N1C1(C)CCOC1. The molecule has 21 heavy (non-hydrogen) atoms. The van der Waals surface area contributed by atoms with Crippen LogP contribution >= 0.6 is 0 Å². The van der Waals surface area contributed by atoms with Crippen molar-refractivity contribution >= 4 is 11.8 Å². The van der Waals surface area contributed by atoms with Gasteiger partial charge in [0.2, 0.25) is 11.8 Å². The van der Waals surface area contributed by atoms with Crippen LogP contribution in [-0.2, 0) is 14.3 Å². The summed E-state index contributed by atoms with van der Waals surface area (Å²) >= 11 is 0. The van der Waals surface area contributed by atoms with Crippen molar-refractivity contribution in [2.75, 3.05) is 13.2 Å². The third kappa shape index (κ3) is 2.17. The molecule has 0 bridgehead atoms. The van der Waals surface area contributed by atoms with E-state index in [-0.39, 0.29) is 29.3 Å².